The first-order valence-electron chi connectivity index (χ1n) is 6.16. The Kier molecular flexibility index (Phi) is 4.28. The third kappa shape index (κ3) is 3.51. The van der Waals surface area contributed by atoms with Crippen molar-refractivity contribution in [1.29, 1.82) is 0 Å². The van der Waals surface area contributed by atoms with E-state index in [-0.39, 0.29) is 10.6 Å². The van der Waals surface area contributed by atoms with Gasteiger partial charge < -0.3 is 10.1 Å². The average Bonchev–Trinajstić information content (AvgIpc) is 3.19. The average molecular weight is 250 g/mol. The van der Waals surface area contributed by atoms with Crippen LogP contribution >= 0.6 is 0 Å². The highest BCUT2D eigenvalue weighted by Gasteiger charge is 2.30. The van der Waals surface area contributed by atoms with E-state index in [1.165, 1.54) is 12.8 Å². The molecule has 0 heterocycles. The van der Waals surface area contributed by atoms with Gasteiger partial charge in [0, 0.05) is 31.8 Å². The molecule has 98 valence electrons. The summed E-state index contributed by atoms with van der Waals surface area (Å²) in [6.45, 7) is 1.44. The van der Waals surface area contributed by atoms with E-state index in [0.717, 1.165) is 24.6 Å². The zero-order valence-electron chi connectivity index (χ0n) is 10.5. The van der Waals surface area contributed by atoms with Gasteiger partial charge in [0.2, 0.25) is 0 Å². The van der Waals surface area contributed by atoms with Crippen LogP contribution in [0.3, 0.4) is 0 Å². The number of ether oxygens (including phenoxy) is 1. The Balaban J connectivity index is 1.86. The van der Waals surface area contributed by atoms with Crippen LogP contribution in [0.1, 0.15) is 18.4 Å². The van der Waals surface area contributed by atoms with Crippen LogP contribution in [0.5, 0.6) is 0 Å². The normalized spacial score (nSPS) is 16.5. The van der Waals surface area contributed by atoms with Crippen LogP contribution in [-0.4, -0.2) is 24.7 Å². The van der Waals surface area contributed by atoms with Crippen molar-refractivity contribution in [2.45, 2.75) is 25.4 Å². The van der Waals surface area contributed by atoms with Gasteiger partial charge in [-0.2, -0.15) is 0 Å². The van der Waals surface area contributed by atoms with Gasteiger partial charge in [0.1, 0.15) is 0 Å². The van der Waals surface area contributed by atoms with E-state index in [0.29, 0.717) is 6.04 Å². The summed E-state index contributed by atoms with van der Waals surface area (Å²) in [7, 11) is 1.71. The topological polar surface area (TPSA) is 64.4 Å². The molecular formula is C13H18N2O3. The van der Waals surface area contributed by atoms with E-state index >= 15 is 0 Å². The molecule has 0 aliphatic heterocycles. The first-order chi connectivity index (χ1) is 8.70. The molecule has 1 aromatic carbocycles. The molecule has 0 aromatic heterocycles. The van der Waals surface area contributed by atoms with Gasteiger partial charge in [0.25, 0.3) is 5.69 Å². The Morgan fingerprint density at radius 2 is 2.11 bits per heavy atom. The summed E-state index contributed by atoms with van der Waals surface area (Å²) in [6.07, 6.45) is 2.53. The molecule has 1 N–H and O–H groups in total. The molecule has 5 heteroatoms. The highest BCUT2D eigenvalue weighted by molar-refractivity contribution is 5.32. The molecule has 0 bridgehead atoms. The van der Waals surface area contributed by atoms with E-state index in [4.69, 9.17) is 4.74 Å². The monoisotopic (exact) mass is 250 g/mol. The van der Waals surface area contributed by atoms with Gasteiger partial charge in [-0.3, -0.25) is 10.1 Å². The van der Waals surface area contributed by atoms with Crippen LogP contribution < -0.4 is 5.32 Å². The lowest BCUT2D eigenvalue weighted by atomic mass is 10.1. The van der Waals surface area contributed by atoms with Crippen molar-refractivity contribution in [3.05, 3.63) is 39.9 Å². The summed E-state index contributed by atoms with van der Waals surface area (Å²) in [4.78, 5) is 10.2. The summed E-state index contributed by atoms with van der Waals surface area (Å²) in [5.74, 6) is 0.725. The standard InChI is InChI=1S/C13H18N2O3/c1-18-9-13(11-4-5-11)14-8-10-2-6-12(7-3-10)15(16)17/h2-3,6-7,11,13-14H,4-5,8-9H2,1H3. The van der Waals surface area contributed by atoms with Crippen molar-refractivity contribution < 1.29 is 9.66 Å². The number of methoxy groups -OCH3 is 1. The number of hydrogen-bond donors (Lipinski definition) is 1. The minimum Gasteiger partial charge on any atom is -0.383 e. The summed E-state index contributed by atoms with van der Waals surface area (Å²) in [6, 6.07) is 7.06. The molecule has 1 saturated carbocycles. The highest BCUT2D eigenvalue weighted by Crippen LogP contribution is 2.32. The molecule has 0 spiro atoms. The van der Waals surface area contributed by atoms with Crippen LogP contribution in [0.25, 0.3) is 0 Å². The van der Waals surface area contributed by atoms with Gasteiger partial charge in [-0.15, -0.1) is 0 Å². The van der Waals surface area contributed by atoms with Gasteiger partial charge in [0.05, 0.1) is 11.5 Å². The minimum atomic E-state index is -0.380. The fourth-order valence-corrected chi connectivity index (χ4v) is 2.02. The largest absolute Gasteiger partial charge is 0.383 e. The fourth-order valence-electron chi connectivity index (χ4n) is 2.02. The van der Waals surface area contributed by atoms with Crippen LogP contribution in [0, 0.1) is 16.0 Å². The van der Waals surface area contributed by atoms with Crippen LogP contribution in [-0.2, 0) is 11.3 Å². The molecule has 0 amide bonds. The molecule has 1 atom stereocenters. The lowest BCUT2D eigenvalue weighted by Gasteiger charge is -2.17. The Labute approximate surface area is 106 Å². The number of nitrogens with one attached hydrogen (secondary N) is 1. The van der Waals surface area contributed by atoms with Crippen molar-refractivity contribution in [3.8, 4) is 0 Å². The predicted molar refractivity (Wildman–Crippen MR) is 68.3 cm³/mol. The van der Waals surface area contributed by atoms with Gasteiger partial charge in [-0.1, -0.05) is 12.1 Å². The third-order valence-electron chi connectivity index (χ3n) is 3.25. The highest BCUT2D eigenvalue weighted by atomic mass is 16.6. The van der Waals surface area contributed by atoms with Crippen molar-refractivity contribution >= 4 is 5.69 Å². The smallest absolute Gasteiger partial charge is 0.269 e. The number of hydrogen-bond acceptors (Lipinski definition) is 4. The van der Waals surface area contributed by atoms with E-state index in [9.17, 15) is 10.1 Å². The molecule has 1 aliphatic rings. The van der Waals surface area contributed by atoms with E-state index in [2.05, 4.69) is 5.32 Å². The first kappa shape index (κ1) is 13.0. The number of non-ortho nitro benzene ring substituents is 1. The predicted octanol–water partition coefficient (Wildman–Crippen LogP) is 2.11. The molecule has 1 unspecified atom stereocenters. The number of nitro benzene ring substituents is 1. The van der Waals surface area contributed by atoms with Gasteiger partial charge in [-0.05, 0) is 24.3 Å². The van der Waals surface area contributed by atoms with Crippen molar-refractivity contribution in [2.24, 2.45) is 5.92 Å². The summed E-state index contributed by atoms with van der Waals surface area (Å²) in [5, 5.41) is 14.0. The molecule has 2 rings (SSSR count). The van der Waals surface area contributed by atoms with Crippen LogP contribution in [0.2, 0.25) is 0 Å². The van der Waals surface area contributed by atoms with Gasteiger partial charge >= 0.3 is 0 Å². The zero-order valence-corrected chi connectivity index (χ0v) is 10.5. The summed E-state index contributed by atoms with van der Waals surface area (Å²) < 4.78 is 5.19. The van der Waals surface area contributed by atoms with E-state index < -0.39 is 0 Å². The van der Waals surface area contributed by atoms with Gasteiger partial charge in [0.15, 0.2) is 0 Å². The maximum atomic E-state index is 10.5. The third-order valence-corrected chi connectivity index (χ3v) is 3.25. The second kappa shape index (κ2) is 5.93. The SMILES string of the molecule is COCC(NCc1ccc([N+](=O)[O-])cc1)C1CC1. The Hall–Kier alpha value is -1.46. The molecule has 0 radical (unpaired) electrons. The second-order valence-electron chi connectivity index (χ2n) is 4.70. The molecular weight excluding hydrogens is 232 g/mol. The first-order valence-corrected chi connectivity index (χ1v) is 6.16. The number of benzene rings is 1. The Morgan fingerprint density at radius 1 is 1.44 bits per heavy atom. The lowest BCUT2D eigenvalue weighted by Crippen LogP contribution is -2.34. The molecule has 18 heavy (non-hydrogen) atoms. The van der Waals surface area contributed by atoms with Crippen LogP contribution in [0.15, 0.2) is 24.3 Å². The van der Waals surface area contributed by atoms with Crippen LogP contribution in [0.4, 0.5) is 5.69 Å². The maximum Gasteiger partial charge on any atom is 0.269 e. The summed E-state index contributed by atoms with van der Waals surface area (Å²) >= 11 is 0. The number of nitrogens with zero attached hydrogens (tertiary/aromatic N) is 1. The minimum absolute atomic E-state index is 0.134. The molecule has 1 aromatic rings. The second-order valence-corrected chi connectivity index (χ2v) is 4.70. The van der Waals surface area contributed by atoms with Crippen molar-refractivity contribution in [1.82, 2.24) is 5.32 Å². The number of nitro groups is 1. The fraction of sp³-hybridized carbons (Fsp3) is 0.538. The van der Waals surface area contributed by atoms with Crippen molar-refractivity contribution in [3.63, 3.8) is 0 Å². The molecule has 5 nitrogen and oxygen atoms in total. The van der Waals surface area contributed by atoms with E-state index in [1.54, 1.807) is 31.4 Å². The molecule has 1 fully saturated rings. The molecule has 0 saturated heterocycles. The lowest BCUT2D eigenvalue weighted by molar-refractivity contribution is -0.384. The quantitative estimate of drug-likeness (QED) is 0.594. The van der Waals surface area contributed by atoms with Gasteiger partial charge in [-0.25, -0.2) is 0 Å². The zero-order chi connectivity index (χ0) is 13.0. The Bertz CT molecular complexity index is 401. The maximum absolute atomic E-state index is 10.5. The van der Waals surface area contributed by atoms with Crippen molar-refractivity contribution in [2.75, 3.05) is 13.7 Å². The van der Waals surface area contributed by atoms with E-state index in [1.807, 2.05) is 0 Å². The molecule has 1 aliphatic carbocycles. The summed E-state index contributed by atoms with van der Waals surface area (Å²) in [5.41, 5.74) is 1.19. The Morgan fingerprint density at radius 3 is 2.61 bits per heavy atom. The number of rotatable bonds is 7.